The number of amides is 1. The maximum Gasteiger partial charge on any atom is 0.433 e. The Kier molecular flexibility index (Phi) is 6.56. The number of carbonyl (C=O) groups is 1. The largest absolute Gasteiger partial charge is 0.458 e. The van der Waals surface area contributed by atoms with E-state index in [9.17, 15) is 26.7 Å². The van der Waals surface area contributed by atoms with Gasteiger partial charge in [-0.1, -0.05) is 23.9 Å². The number of thioether (sulfide) groups is 1. The lowest BCUT2D eigenvalue weighted by Gasteiger charge is -2.32. The smallest absolute Gasteiger partial charge is 0.433 e. The molecule has 2 aromatic rings. The van der Waals surface area contributed by atoms with E-state index in [1.54, 1.807) is 12.1 Å². The van der Waals surface area contributed by atoms with Crippen LogP contribution in [0.3, 0.4) is 0 Å². The maximum absolute atomic E-state index is 12.8. The zero-order valence-corrected chi connectivity index (χ0v) is 15.7. The molecule has 1 unspecified atom stereocenters. The van der Waals surface area contributed by atoms with Gasteiger partial charge in [-0.2, -0.15) is 26.9 Å². The number of hydrogen-bond donors (Lipinski definition) is 0. The molecule has 0 saturated carbocycles. The normalized spacial score (nSPS) is 17.4. The van der Waals surface area contributed by atoms with Gasteiger partial charge in [0.2, 0.25) is 0 Å². The number of likely N-dealkylation sites (tertiary alicyclic amines) is 1. The van der Waals surface area contributed by atoms with Gasteiger partial charge in [0.15, 0.2) is 5.69 Å². The molecule has 1 aromatic carbocycles. The average Bonchev–Trinajstić information content (AvgIpc) is 2.67. The number of aromatic nitrogens is 2. The number of rotatable bonds is 5. The van der Waals surface area contributed by atoms with Crippen LogP contribution in [0.2, 0.25) is 0 Å². The highest BCUT2D eigenvalue weighted by Crippen LogP contribution is 2.30. The van der Waals surface area contributed by atoms with Crippen LogP contribution in [0.4, 0.5) is 22.0 Å². The summed E-state index contributed by atoms with van der Waals surface area (Å²) in [5.41, 5.74) is -0.974. The molecule has 29 heavy (non-hydrogen) atoms. The van der Waals surface area contributed by atoms with E-state index in [2.05, 4.69) is 9.97 Å². The molecular weight excluding hydrogens is 417 g/mol. The monoisotopic (exact) mass is 433 g/mol. The van der Waals surface area contributed by atoms with E-state index in [-0.39, 0.29) is 28.8 Å². The van der Waals surface area contributed by atoms with Crippen LogP contribution >= 0.6 is 11.8 Å². The highest BCUT2D eigenvalue weighted by molar-refractivity contribution is 7.99. The van der Waals surface area contributed by atoms with Crippen molar-refractivity contribution in [2.75, 3.05) is 13.1 Å². The Morgan fingerprint density at radius 1 is 1.24 bits per heavy atom. The van der Waals surface area contributed by atoms with E-state index in [0.717, 1.165) is 12.3 Å². The van der Waals surface area contributed by atoms with Gasteiger partial charge in [-0.15, -0.1) is 0 Å². The molecule has 1 saturated heterocycles. The molecule has 5 nitrogen and oxygen atoms in total. The minimum atomic E-state index is -4.62. The predicted octanol–water partition coefficient (Wildman–Crippen LogP) is 4.49. The molecule has 0 aliphatic carbocycles. The van der Waals surface area contributed by atoms with Crippen molar-refractivity contribution < 1.29 is 31.5 Å². The molecule has 0 bridgehead atoms. The lowest BCUT2D eigenvalue weighted by molar-refractivity contribution is -0.141. The summed E-state index contributed by atoms with van der Waals surface area (Å²) in [7, 11) is 0. The highest BCUT2D eigenvalue weighted by Gasteiger charge is 2.34. The van der Waals surface area contributed by atoms with E-state index >= 15 is 0 Å². The number of ether oxygens (including phenoxy) is 1. The summed E-state index contributed by atoms with van der Waals surface area (Å²) in [5, 5.41) is 0. The van der Waals surface area contributed by atoms with Crippen molar-refractivity contribution >= 4 is 17.7 Å². The second kappa shape index (κ2) is 8.93. The molecule has 0 spiro atoms. The van der Waals surface area contributed by atoms with Gasteiger partial charge in [0.05, 0.1) is 12.1 Å². The molecule has 3 rings (SSSR count). The number of halogens is 5. The number of nitrogens with zero attached hydrogens (tertiary/aromatic N) is 3. The molecule has 1 atom stereocenters. The molecule has 156 valence electrons. The molecule has 2 heterocycles. The van der Waals surface area contributed by atoms with E-state index in [0.29, 0.717) is 19.4 Å². The van der Waals surface area contributed by atoms with Crippen LogP contribution in [0.25, 0.3) is 0 Å². The molecule has 1 aliphatic rings. The Balaban J connectivity index is 1.71. The quantitative estimate of drug-likeness (QED) is 0.514. The molecule has 1 aliphatic heterocycles. The summed E-state index contributed by atoms with van der Waals surface area (Å²) < 4.78 is 69.3. The molecule has 1 aromatic heterocycles. The number of piperidine rings is 1. The van der Waals surface area contributed by atoms with Crippen molar-refractivity contribution in [2.45, 2.75) is 35.8 Å². The van der Waals surface area contributed by atoms with Gasteiger partial charge in [-0.25, -0.2) is 4.98 Å². The summed E-state index contributed by atoms with van der Waals surface area (Å²) in [5.74, 6) is -3.11. The average molecular weight is 433 g/mol. The second-order valence-corrected chi connectivity index (χ2v) is 7.26. The van der Waals surface area contributed by atoms with Gasteiger partial charge in [0, 0.05) is 17.6 Å². The van der Waals surface area contributed by atoms with E-state index < -0.39 is 35.6 Å². The van der Waals surface area contributed by atoms with Crippen molar-refractivity contribution in [2.24, 2.45) is 0 Å². The fraction of sp³-hybridized carbons (Fsp3) is 0.389. The summed E-state index contributed by atoms with van der Waals surface area (Å²) in [4.78, 5) is 21.5. The van der Waals surface area contributed by atoms with Crippen LogP contribution in [0.5, 0.6) is 6.01 Å². The Bertz CT molecular complexity index is 865. The second-order valence-electron chi connectivity index (χ2n) is 6.23. The van der Waals surface area contributed by atoms with E-state index in [4.69, 9.17) is 4.74 Å². The fourth-order valence-electron chi connectivity index (χ4n) is 2.94. The summed E-state index contributed by atoms with van der Waals surface area (Å²) in [6.07, 6.45) is -3.24. The SMILES string of the molecule is O=C(c1ccccc1SC(F)F)N1CCCC(Oc2nccc(C(F)(F)F)n2)C1. The van der Waals surface area contributed by atoms with Crippen molar-refractivity contribution in [3.8, 4) is 6.01 Å². The Hall–Kier alpha value is -2.43. The number of alkyl halides is 5. The third-order valence-corrected chi connectivity index (χ3v) is 4.98. The molecule has 1 amide bonds. The van der Waals surface area contributed by atoms with Crippen molar-refractivity contribution in [1.29, 1.82) is 0 Å². The van der Waals surface area contributed by atoms with Gasteiger partial charge < -0.3 is 9.64 Å². The van der Waals surface area contributed by atoms with Crippen LogP contribution in [0.1, 0.15) is 28.9 Å². The maximum atomic E-state index is 12.8. The predicted molar refractivity (Wildman–Crippen MR) is 94.9 cm³/mol. The van der Waals surface area contributed by atoms with Crippen LogP contribution in [0, 0.1) is 0 Å². The first-order chi connectivity index (χ1) is 13.7. The summed E-state index contributed by atoms with van der Waals surface area (Å²) >= 11 is 0.286. The first kappa shape index (κ1) is 21.3. The van der Waals surface area contributed by atoms with Gasteiger partial charge in [-0.3, -0.25) is 4.79 Å². The third kappa shape index (κ3) is 5.55. The summed E-state index contributed by atoms with van der Waals surface area (Å²) in [6, 6.07) is 6.37. The van der Waals surface area contributed by atoms with Crippen molar-refractivity contribution in [3.05, 3.63) is 47.8 Å². The molecule has 1 fully saturated rings. The Morgan fingerprint density at radius 2 is 2.00 bits per heavy atom. The van der Waals surface area contributed by atoms with Crippen molar-refractivity contribution in [3.63, 3.8) is 0 Å². The first-order valence-corrected chi connectivity index (χ1v) is 9.52. The summed E-state index contributed by atoms with van der Waals surface area (Å²) in [6.45, 7) is 0.474. The minimum Gasteiger partial charge on any atom is -0.458 e. The Labute approximate surface area is 167 Å². The van der Waals surface area contributed by atoms with Crippen LogP contribution < -0.4 is 4.74 Å². The van der Waals surface area contributed by atoms with Gasteiger partial charge >= 0.3 is 12.2 Å². The highest BCUT2D eigenvalue weighted by atomic mass is 32.2. The van der Waals surface area contributed by atoms with Crippen LogP contribution in [0.15, 0.2) is 41.4 Å². The lowest BCUT2D eigenvalue weighted by Crippen LogP contribution is -2.44. The first-order valence-electron chi connectivity index (χ1n) is 8.64. The topological polar surface area (TPSA) is 55.3 Å². The Morgan fingerprint density at radius 3 is 2.72 bits per heavy atom. The fourth-order valence-corrected chi connectivity index (χ4v) is 3.57. The minimum absolute atomic E-state index is 0.0894. The number of hydrogen-bond acceptors (Lipinski definition) is 5. The zero-order valence-electron chi connectivity index (χ0n) is 14.9. The van der Waals surface area contributed by atoms with E-state index in [1.165, 1.54) is 17.0 Å². The lowest BCUT2D eigenvalue weighted by atomic mass is 10.1. The van der Waals surface area contributed by atoms with E-state index in [1.807, 2.05) is 0 Å². The molecular formula is C18H16F5N3O2S. The molecule has 0 N–H and O–H groups in total. The molecule has 11 heteroatoms. The number of carbonyl (C=O) groups excluding carboxylic acids is 1. The third-order valence-electron chi connectivity index (χ3n) is 4.19. The number of benzene rings is 1. The zero-order chi connectivity index (χ0) is 21.0. The van der Waals surface area contributed by atoms with Crippen LogP contribution in [-0.4, -0.2) is 45.7 Å². The van der Waals surface area contributed by atoms with Crippen molar-refractivity contribution in [1.82, 2.24) is 14.9 Å². The van der Waals surface area contributed by atoms with Gasteiger partial charge in [0.25, 0.3) is 11.7 Å². The van der Waals surface area contributed by atoms with Gasteiger partial charge in [-0.05, 0) is 31.0 Å². The standard InChI is InChI=1S/C18H16F5N3O2S/c19-16(20)29-13-6-2-1-5-12(13)15(27)26-9-3-4-11(10-26)28-17-24-8-7-14(25-17)18(21,22)23/h1-2,5-8,11,16H,3-4,9-10H2. The van der Waals surface area contributed by atoms with Gasteiger partial charge in [0.1, 0.15) is 6.10 Å². The van der Waals surface area contributed by atoms with Crippen LogP contribution in [-0.2, 0) is 6.18 Å². The molecule has 0 radical (unpaired) electrons.